The van der Waals surface area contributed by atoms with Crippen LogP contribution in [-0.4, -0.2) is 24.5 Å². The Hall–Kier alpha value is -0.570. The summed E-state index contributed by atoms with van der Waals surface area (Å²) in [5, 5.41) is 6.37. The molecule has 0 aromatic heterocycles. The van der Waals surface area contributed by atoms with Crippen molar-refractivity contribution in [1.82, 2.24) is 10.6 Å². The zero-order chi connectivity index (χ0) is 8.77. The lowest BCUT2D eigenvalue weighted by Crippen LogP contribution is -2.41. The van der Waals surface area contributed by atoms with Gasteiger partial charge in [0, 0.05) is 18.6 Å². The van der Waals surface area contributed by atoms with Gasteiger partial charge >= 0.3 is 0 Å². The van der Waals surface area contributed by atoms with Crippen LogP contribution in [-0.2, 0) is 4.79 Å². The maximum atomic E-state index is 11.4. The summed E-state index contributed by atoms with van der Waals surface area (Å²) in [6.45, 7) is 5.06. The highest BCUT2D eigenvalue weighted by Gasteiger charge is 2.59. The van der Waals surface area contributed by atoms with Gasteiger partial charge < -0.3 is 10.6 Å². The predicted octanol–water partition coefficient (Wildman–Crippen LogP) is 0.263. The first-order chi connectivity index (χ1) is 5.65. The van der Waals surface area contributed by atoms with Gasteiger partial charge in [0.2, 0.25) is 5.91 Å². The van der Waals surface area contributed by atoms with E-state index < -0.39 is 0 Å². The van der Waals surface area contributed by atoms with Crippen molar-refractivity contribution in [3.63, 3.8) is 0 Å². The van der Waals surface area contributed by atoms with E-state index in [0.29, 0.717) is 12.1 Å². The number of hydrogen-bond donors (Lipinski definition) is 2. The summed E-state index contributed by atoms with van der Waals surface area (Å²) in [4.78, 5) is 11.4. The highest BCUT2D eigenvalue weighted by molar-refractivity contribution is 5.88. The van der Waals surface area contributed by atoms with Crippen LogP contribution in [0.1, 0.15) is 26.7 Å². The summed E-state index contributed by atoms with van der Waals surface area (Å²) >= 11 is 0. The van der Waals surface area contributed by atoms with Crippen molar-refractivity contribution in [2.75, 3.05) is 6.54 Å². The molecule has 1 saturated heterocycles. The second kappa shape index (κ2) is 2.46. The van der Waals surface area contributed by atoms with Crippen molar-refractivity contribution in [1.29, 1.82) is 0 Å². The minimum absolute atomic E-state index is 0.00965. The van der Waals surface area contributed by atoms with Gasteiger partial charge in [-0.1, -0.05) is 13.8 Å². The second-order valence-electron chi connectivity index (χ2n) is 4.24. The molecule has 2 N–H and O–H groups in total. The van der Waals surface area contributed by atoms with Gasteiger partial charge in [0.05, 0.1) is 5.41 Å². The number of carbonyl (C=O) groups excluding carboxylic acids is 1. The Bertz CT molecular complexity index is 209. The van der Waals surface area contributed by atoms with Crippen molar-refractivity contribution in [2.24, 2.45) is 5.41 Å². The van der Waals surface area contributed by atoms with Crippen LogP contribution in [0.15, 0.2) is 0 Å². The van der Waals surface area contributed by atoms with Crippen molar-refractivity contribution < 1.29 is 4.79 Å². The van der Waals surface area contributed by atoms with E-state index in [4.69, 9.17) is 0 Å². The van der Waals surface area contributed by atoms with Crippen molar-refractivity contribution >= 4 is 5.91 Å². The molecule has 68 valence electrons. The van der Waals surface area contributed by atoms with Crippen LogP contribution >= 0.6 is 0 Å². The van der Waals surface area contributed by atoms with E-state index >= 15 is 0 Å². The molecule has 0 radical (unpaired) electrons. The number of rotatable bonds is 2. The van der Waals surface area contributed by atoms with Crippen LogP contribution < -0.4 is 10.6 Å². The largest absolute Gasteiger partial charge is 0.354 e. The topological polar surface area (TPSA) is 41.1 Å². The molecule has 1 heterocycles. The summed E-state index contributed by atoms with van der Waals surface area (Å²) < 4.78 is 0. The van der Waals surface area contributed by atoms with Crippen LogP contribution in [0.25, 0.3) is 0 Å². The molecule has 0 aromatic rings. The average molecular weight is 168 g/mol. The van der Waals surface area contributed by atoms with E-state index in [0.717, 1.165) is 19.4 Å². The van der Waals surface area contributed by atoms with Gasteiger partial charge in [-0.15, -0.1) is 0 Å². The molecule has 1 atom stereocenters. The quantitative estimate of drug-likeness (QED) is 0.621. The van der Waals surface area contributed by atoms with E-state index in [1.54, 1.807) is 0 Å². The highest BCUT2D eigenvalue weighted by Crippen LogP contribution is 2.51. The predicted molar refractivity (Wildman–Crippen MR) is 46.7 cm³/mol. The van der Waals surface area contributed by atoms with Crippen molar-refractivity contribution in [2.45, 2.75) is 38.8 Å². The van der Waals surface area contributed by atoms with Crippen LogP contribution in [0.5, 0.6) is 0 Å². The van der Waals surface area contributed by atoms with Crippen molar-refractivity contribution in [3.8, 4) is 0 Å². The molecule has 1 aliphatic heterocycles. The standard InChI is InChI=1S/C9H16N2O/c1-6(2)11-7-5-10-8(12)9(7)3-4-9/h6-7,11H,3-5H2,1-2H3,(H,10,12). The Morgan fingerprint density at radius 1 is 1.58 bits per heavy atom. The lowest BCUT2D eigenvalue weighted by molar-refractivity contribution is -0.123. The fraction of sp³-hybridized carbons (Fsp3) is 0.889. The summed E-state index contributed by atoms with van der Waals surface area (Å²) in [6.07, 6.45) is 2.15. The molecule has 1 unspecified atom stereocenters. The van der Waals surface area contributed by atoms with Crippen LogP contribution in [0, 0.1) is 5.41 Å². The Morgan fingerprint density at radius 3 is 2.75 bits per heavy atom. The molecule has 1 spiro atoms. The van der Waals surface area contributed by atoms with Gasteiger partial charge in [-0.2, -0.15) is 0 Å². The summed E-state index contributed by atoms with van der Waals surface area (Å²) in [5.74, 6) is 0.264. The van der Waals surface area contributed by atoms with E-state index in [1.165, 1.54) is 0 Å². The first-order valence-electron chi connectivity index (χ1n) is 4.69. The monoisotopic (exact) mass is 168 g/mol. The molecule has 1 amide bonds. The van der Waals surface area contributed by atoms with Gasteiger partial charge in [-0.05, 0) is 12.8 Å². The fourth-order valence-electron chi connectivity index (χ4n) is 2.06. The molecule has 1 saturated carbocycles. The lowest BCUT2D eigenvalue weighted by Gasteiger charge is -2.19. The fourth-order valence-corrected chi connectivity index (χ4v) is 2.06. The van der Waals surface area contributed by atoms with Gasteiger partial charge in [-0.25, -0.2) is 0 Å². The molecular formula is C9H16N2O. The molecule has 12 heavy (non-hydrogen) atoms. The first kappa shape index (κ1) is 8.05. The molecule has 2 rings (SSSR count). The molecule has 2 aliphatic rings. The van der Waals surface area contributed by atoms with Crippen LogP contribution in [0.3, 0.4) is 0 Å². The van der Waals surface area contributed by atoms with E-state index in [1.807, 2.05) is 0 Å². The summed E-state index contributed by atoms with van der Waals surface area (Å²) in [6, 6.07) is 0.852. The first-order valence-corrected chi connectivity index (χ1v) is 4.69. The molecular weight excluding hydrogens is 152 g/mol. The normalized spacial score (nSPS) is 31.2. The molecule has 0 bridgehead atoms. The molecule has 3 heteroatoms. The average Bonchev–Trinajstić information content (AvgIpc) is 2.71. The van der Waals surface area contributed by atoms with Crippen molar-refractivity contribution in [3.05, 3.63) is 0 Å². The lowest BCUT2D eigenvalue weighted by atomic mass is 9.99. The van der Waals surface area contributed by atoms with Gasteiger partial charge in [0.15, 0.2) is 0 Å². The number of carbonyl (C=O) groups is 1. The molecule has 1 aliphatic carbocycles. The third-order valence-corrected chi connectivity index (χ3v) is 2.91. The zero-order valence-electron chi connectivity index (χ0n) is 7.68. The van der Waals surface area contributed by atoms with Gasteiger partial charge in [0.1, 0.15) is 0 Å². The summed E-state index contributed by atoms with van der Waals surface area (Å²) in [5.41, 5.74) is -0.00965. The number of nitrogens with one attached hydrogen (secondary N) is 2. The highest BCUT2D eigenvalue weighted by atomic mass is 16.2. The van der Waals surface area contributed by atoms with E-state index in [-0.39, 0.29) is 11.3 Å². The Balaban J connectivity index is 2.03. The SMILES string of the molecule is CC(C)NC1CNC(=O)C12CC2. The molecule has 0 aromatic carbocycles. The molecule has 3 nitrogen and oxygen atoms in total. The summed E-state index contributed by atoms with van der Waals surface area (Å²) in [7, 11) is 0. The number of amides is 1. The minimum atomic E-state index is -0.00965. The smallest absolute Gasteiger partial charge is 0.227 e. The van der Waals surface area contributed by atoms with E-state index in [2.05, 4.69) is 24.5 Å². The van der Waals surface area contributed by atoms with E-state index in [9.17, 15) is 4.79 Å². The maximum Gasteiger partial charge on any atom is 0.227 e. The zero-order valence-corrected chi connectivity index (χ0v) is 7.68. The maximum absolute atomic E-state index is 11.4. The number of hydrogen-bond acceptors (Lipinski definition) is 2. The second-order valence-corrected chi connectivity index (χ2v) is 4.24. The minimum Gasteiger partial charge on any atom is -0.354 e. The Morgan fingerprint density at radius 2 is 2.25 bits per heavy atom. The van der Waals surface area contributed by atoms with Gasteiger partial charge in [-0.3, -0.25) is 4.79 Å². The Kier molecular flexibility index (Phi) is 1.65. The third kappa shape index (κ3) is 1.04. The third-order valence-electron chi connectivity index (χ3n) is 2.91. The van der Waals surface area contributed by atoms with Gasteiger partial charge in [0.25, 0.3) is 0 Å². The Labute approximate surface area is 72.9 Å². The van der Waals surface area contributed by atoms with Crippen LogP contribution in [0.2, 0.25) is 0 Å². The van der Waals surface area contributed by atoms with Crippen LogP contribution in [0.4, 0.5) is 0 Å². The molecule has 2 fully saturated rings.